The lowest BCUT2D eigenvalue weighted by Gasteiger charge is -2.46. The van der Waals surface area contributed by atoms with E-state index >= 15 is 0 Å². The molecule has 0 bridgehead atoms. The molecule has 2 fully saturated rings. The number of rotatable bonds is 12. The Bertz CT molecular complexity index is 2100. The van der Waals surface area contributed by atoms with Crippen molar-refractivity contribution in [2.45, 2.75) is 75.3 Å². The summed E-state index contributed by atoms with van der Waals surface area (Å²) in [5.74, 6) is -4.06. The van der Waals surface area contributed by atoms with Crippen LogP contribution in [0, 0.1) is 22.9 Å². The number of piperidine rings is 2. The predicted octanol–water partition coefficient (Wildman–Crippen LogP) is 8.24. The van der Waals surface area contributed by atoms with Crippen LogP contribution in [-0.4, -0.2) is 80.5 Å². The fourth-order valence-corrected chi connectivity index (χ4v) is 9.37. The smallest absolute Gasteiger partial charge is 0.410 e. The van der Waals surface area contributed by atoms with Gasteiger partial charge in [0.2, 0.25) is 5.91 Å². The zero-order chi connectivity index (χ0) is 41.7. The van der Waals surface area contributed by atoms with Crippen LogP contribution in [0.2, 0.25) is 5.02 Å². The maximum absolute atomic E-state index is 14.6. The number of hydrogen-bond acceptors (Lipinski definition) is 6. The van der Waals surface area contributed by atoms with E-state index in [2.05, 4.69) is 18.5 Å². The summed E-state index contributed by atoms with van der Waals surface area (Å²) in [4.78, 5) is 44.4. The van der Waals surface area contributed by atoms with Gasteiger partial charge in [0.05, 0.1) is 28.7 Å². The summed E-state index contributed by atoms with van der Waals surface area (Å²) in [7, 11) is -4.42. The second kappa shape index (κ2) is 17.8. The van der Waals surface area contributed by atoms with Crippen molar-refractivity contribution in [3.8, 4) is 0 Å². The Morgan fingerprint density at radius 1 is 0.947 bits per heavy atom. The van der Waals surface area contributed by atoms with Crippen molar-refractivity contribution in [2.75, 3.05) is 37.0 Å². The molecule has 3 amide bonds. The van der Waals surface area contributed by atoms with E-state index in [1.165, 1.54) is 36.4 Å². The molecule has 0 unspecified atom stereocenters. The van der Waals surface area contributed by atoms with Crippen LogP contribution < -0.4 is 9.62 Å². The number of nitrogens with one attached hydrogen (secondary N) is 1. The standard InChI is InChI=1S/C42H48ClF3N4O6S/c1-6-8-18-42(19-23-48(24-20-42)40(53)56-41(3,4)5)39(52)49-22-17-32(28-10-16-34(45)35(46)25-28)36(27-49)47-38(51)29-9-15-33(43)37(26-29)57(54,55)50(21-7-2)31-13-11-30(44)12-14-31/h6-7,9-16,25-26,32,36H,1-2,8,17-24,27H2,3-5H3,(H,47,51)/t32-,36-/m1/s1. The molecule has 0 saturated carbocycles. The molecular formula is C42H48ClF3N4O6S. The van der Waals surface area contributed by atoms with Crippen LogP contribution in [-0.2, 0) is 19.6 Å². The Morgan fingerprint density at radius 2 is 1.63 bits per heavy atom. The van der Waals surface area contributed by atoms with E-state index in [1.807, 2.05) is 0 Å². The number of anilines is 1. The minimum Gasteiger partial charge on any atom is -0.444 e. The molecule has 0 aromatic heterocycles. The first-order valence-electron chi connectivity index (χ1n) is 18.7. The first-order valence-corrected chi connectivity index (χ1v) is 20.5. The number of nitrogens with zero attached hydrogens (tertiary/aromatic N) is 3. The number of ether oxygens (including phenoxy) is 1. The quantitative estimate of drug-likeness (QED) is 0.184. The van der Waals surface area contributed by atoms with E-state index < -0.39 is 62.5 Å². The van der Waals surface area contributed by atoms with Gasteiger partial charge in [0.25, 0.3) is 15.9 Å². The number of halogens is 4. The Kier molecular flexibility index (Phi) is 13.5. The maximum atomic E-state index is 14.6. The van der Waals surface area contributed by atoms with Crippen LogP contribution in [0.25, 0.3) is 0 Å². The van der Waals surface area contributed by atoms with Gasteiger partial charge in [0, 0.05) is 37.7 Å². The van der Waals surface area contributed by atoms with Gasteiger partial charge in [-0.05, 0) is 113 Å². The van der Waals surface area contributed by atoms with Crippen molar-refractivity contribution >= 4 is 45.2 Å². The summed E-state index contributed by atoms with van der Waals surface area (Å²) in [5, 5.41) is 2.78. The van der Waals surface area contributed by atoms with Gasteiger partial charge in [0.15, 0.2) is 11.6 Å². The first-order chi connectivity index (χ1) is 26.9. The van der Waals surface area contributed by atoms with Gasteiger partial charge in [0.1, 0.15) is 16.3 Å². The van der Waals surface area contributed by atoms with E-state index in [0.717, 1.165) is 34.6 Å². The second-order valence-corrected chi connectivity index (χ2v) is 17.7. The molecule has 2 heterocycles. The first kappa shape index (κ1) is 43.3. The largest absolute Gasteiger partial charge is 0.444 e. The number of benzene rings is 3. The van der Waals surface area contributed by atoms with Crippen LogP contribution in [0.15, 0.2) is 90.9 Å². The van der Waals surface area contributed by atoms with Gasteiger partial charge in [-0.25, -0.2) is 26.4 Å². The fraction of sp³-hybridized carbons (Fsp3) is 0.405. The summed E-state index contributed by atoms with van der Waals surface area (Å²) in [6, 6.07) is 11.3. The Balaban J connectivity index is 1.44. The van der Waals surface area contributed by atoms with E-state index in [-0.39, 0.29) is 53.1 Å². The molecule has 2 aliphatic rings. The van der Waals surface area contributed by atoms with E-state index in [4.69, 9.17) is 16.3 Å². The van der Waals surface area contributed by atoms with Crippen molar-refractivity contribution in [3.63, 3.8) is 0 Å². The third kappa shape index (κ3) is 10.0. The van der Waals surface area contributed by atoms with Gasteiger partial charge in [-0.3, -0.25) is 13.9 Å². The molecule has 2 atom stereocenters. The van der Waals surface area contributed by atoms with Crippen molar-refractivity contribution in [3.05, 3.63) is 120 Å². The summed E-state index contributed by atoms with van der Waals surface area (Å²) in [5.41, 5.74) is -1.03. The lowest BCUT2D eigenvalue weighted by Crippen LogP contribution is -2.58. The number of amides is 3. The molecule has 57 heavy (non-hydrogen) atoms. The van der Waals surface area contributed by atoms with Gasteiger partial charge in [-0.15, -0.1) is 13.2 Å². The molecule has 5 rings (SSSR count). The normalized spacial score (nSPS) is 18.4. The van der Waals surface area contributed by atoms with E-state index in [1.54, 1.807) is 36.6 Å². The van der Waals surface area contributed by atoms with Crippen LogP contribution in [0.3, 0.4) is 0 Å². The van der Waals surface area contributed by atoms with Gasteiger partial charge in [-0.1, -0.05) is 29.8 Å². The molecule has 3 aromatic carbocycles. The zero-order valence-corrected chi connectivity index (χ0v) is 33.9. The van der Waals surface area contributed by atoms with Crippen LogP contribution in [0.5, 0.6) is 0 Å². The third-order valence-electron chi connectivity index (χ3n) is 10.4. The highest BCUT2D eigenvalue weighted by Crippen LogP contribution is 2.41. The number of sulfonamides is 1. The van der Waals surface area contributed by atoms with Crippen LogP contribution in [0.1, 0.15) is 74.7 Å². The van der Waals surface area contributed by atoms with Crippen molar-refractivity contribution < 1.29 is 40.7 Å². The van der Waals surface area contributed by atoms with Crippen molar-refractivity contribution in [1.29, 1.82) is 0 Å². The average Bonchev–Trinajstić information content (AvgIpc) is 3.17. The third-order valence-corrected chi connectivity index (χ3v) is 12.7. The summed E-state index contributed by atoms with van der Waals surface area (Å²) in [6.45, 7) is 13.5. The zero-order valence-electron chi connectivity index (χ0n) is 32.3. The van der Waals surface area contributed by atoms with E-state index in [9.17, 15) is 36.0 Å². The lowest BCUT2D eigenvalue weighted by molar-refractivity contribution is -0.147. The Morgan fingerprint density at radius 3 is 2.25 bits per heavy atom. The molecule has 0 aliphatic carbocycles. The predicted molar refractivity (Wildman–Crippen MR) is 213 cm³/mol. The highest BCUT2D eigenvalue weighted by Gasteiger charge is 2.46. The average molecular weight is 829 g/mol. The topological polar surface area (TPSA) is 116 Å². The SMILES string of the molecule is C=CCCC1(C(=O)N2CC[C@H](c3ccc(F)c(F)c3)[C@H](NC(=O)c3ccc(Cl)c(S(=O)(=O)N(CC=C)c4ccc(F)cc4)c3)C2)CCN(C(=O)OC(C)(C)C)CC1. The highest BCUT2D eigenvalue weighted by molar-refractivity contribution is 7.93. The fourth-order valence-electron chi connectivity index (χ4n) is 7.43. The summed E-state index contributed by atoms with van der Waals surface area (Å²) in [6.07, 6.45) is 4.72. The molecule has 306 valence electrons. The summed E-state index contributed by atoms with van der Waals surface area (Å²) < 4.78 is 76.9. The number of carbonyl (C=O) groups excluding carboxylic acids is 3. The highest BCUT2D eigenvalue weighted by atomic mass is 35.5. The lowest BCUT2D eigenvalue weighted by atomic mass is 9.72. The molecule has 15 heteroatoms. The molecule has 1 N–H and O–H groups in total. The van der Waals surface area contributed by atoms with Gasteiger partial charge in [-0.2, -0.15) is 0 Å². The molecule has 3 aromatic rings. The number of likely N-dealkylation sites (tertiary alicyclic amines) is 2. The molecular weight excluding hydrogens is 781 g/mol. The minimum atomic E-state index is -4.42. The Hall–Kier alpha value is -4.82. The monoisotopic (exact) mass is 828 g/mol. The maximum Gasteiger partial charge on any atom is 0.410 e. The number of hydrogen-bond donors (Lipinski definition) is 1. The molecule has 2 saturated heterocycles. The van der Waals surface area contributed by atoms with Gasteiger partial charge >= 0.3 is 6.09 Å². The molecule has 0 radical (unpaired) electrons. The van der Waals surface area contributed by atoms with E-state index in [0.29, 0.717) is 44.3 Å². The van der Waals surface area contributed by atoms with Gasteiger partial charge < -0.3 is 19.9 Å². The Labute approximate surface area is 337 Å². The minimum absolute atomic E-state index is 0.0102. The van der Waals surface area contributed by atoms with Crippen LogP contribution in [0.4, 0.5) is 23.7 Å². The second-order valence-electron chi connectivity index (χ2n) is 15.4. The van der Waals surface area contributed by atoms with Crippen LogP contribution >= 0.6 is 11.6 Å². The number of allylic oxidation sites excluding steroid dienone is 1. The number of carbonyl (C=O) groups is 3. The summed E-state index contributed by atoms with van der Waals surface area (Å²) >= 11 is 6.43. The molecule has 0 spiro atoms. The molecule has 10 nitrogen and oxygen atoms in total. The van der Waals surface area contributed by atoms with Crippen molar-refractivity contribution in [2.24, 2.45) is 5.41 Å². The van der Waals surface area contributed by atoms with Crippen molar-refractivity contribution in [1.82, 2.24) is 15.1 Å². The molecule has 2 aliphatic heterocycles.